The number of benzene rings is 2. The van der Waals surface area contributed by atoms with Crippen LogP contribution in [0.3, 0.4) is 0 Å². The fraction of sp³-hybridized carbons (Fsp3) is 0.441. The fourth-order valence-electron chi connectivity index (χ4n) is 4.76. The number of nitrogens with two attached hydrogens (primary N) is 2. The van der Waals surface area contributed by atoms with Crippen LogP contribution in [0.4, 0.5) is 10.2 Å². The zero-order chi connectivity index (χ0) is 36.1. The van der Waals surface area contributed by atoms with Crippen molar-refractivity contribution in [3.63, 3.8) is 0 Å². The van der Waals surface area contributed by atoms with Crippen molar-refractivity contribution in [2.75, 3.05) is 45.1 Å². The summed E-state index contributed by atoms with van der Waals surface area (Å²) in [6.07, 6.45) is 3.36. The van der Waals surface area contributed by atoms with Crippen LogP contribution in [-0.4, -0.2) is 76.9 Å². The number of aromatic nitrogens is 4. The van der Waals surface area contributed by atoms with Gasteiger partial charge in [0.25, 0.3) is 0 Å². The highest BCUT2D eigenvalue weighted by atomic mass is 31.2. The normalized spacial score (nSPS) is 14.5. The summed E-state index contributed by atoms with van der Waals surface area (Å²) in [6.45, 7) is 5.25. The fourth-order valence-corrected chi connectivity index (χ4v) is 6.10. The van der Waals surface area contributed by atoms with E-state index < -0.39 is 43.7 Å². The van der Waals surface area contributed by atoms with Gasteiger partial charge in [0, 0.05) is 18.5 Å². The zero-order valence-electron chi connectivity index (χ0n) is 28.4. The topological polar surface area (TPSA) is 193 Å². The number of imidazole rings is 1. The maximum absolute atomic E-state index is 14.9. The summed E-state index contributed by atoms with van der Waals surface area (Å²) in [6, 6.07) is 13.0. The van der Waals surface area contributed by atoms with E-state index in [0.29, 0.717) is 35.3 Å². The maximum atomic E-state index is 14.9. The van der Waals surface area contributed by atoms with Crippen LogP contribution in [0, 0.1) is 11.7 Å². The van der Waals surface area contributed by atoms with Crippen molar-refractivity contribution in [3.8, 4) is 11.1 Å². The number of esters is 2. The van der Waals surface area contributed by atoms with Crippen LogP contribution < -0.4 is 11.5 Å². The third-order valence-electron chi connectivity index (χ3n) is 8.05. The van der Waals surface area contributed by atoms with Crippen LogP contribution in [0.15, 0.2) is 61.2 Å². The molecule has 0 spiro atoms. The van der Waals surface area contributed by atoms with Crippen LogP contribution in [0.25, 0.3) is 22.3 Å². The van der Waals surface area contributed by atoms with E-state index in [4.69, 9.17) is 34.7 Å². The smallest absolute Gasteiger partial charge is 0.356 e. The van der Waals surface area contributed by atoms with Crippen LogP contribution in [0.1, 0.15) is 45.1 Å². The summed E-state index contributed by atoms with van der Waals surface area (Å²) < 4.78 is 57.5. The molecule has 50 heavy (non-hydrogen) atoms. The number of rotatable bonds is 20. The number of carbonyl (C=O) groups is 2. The Kier molecular flexibility index (Phi) is 14.4. The number of anilines is 1. The molecule has 0 aliphatic heterocycles. The number of hydrogen-bond donors (Lipinski definition) is 2. The molecule has 14 nitrogen and oxygen atoms in total. The average Bonchev–Trinajstić information content (AvgIpc) is 3.55. The highest BCUT2D eigenvalue weighted by molar-refractivity contribution is 7.53. The Morgan fingerprint density at radius 1 is 0.940 bits per heavy atom. The SMILES string of the molecule is CCC(C)[C@@H](N)C(=O)OCCOP(=O)(COCCn1cnc2c(N)ncnc21)OCCCOC(=O)C(C)c1ccc(-c2ccccc2)c(F)c1. The van der Waals surface area contributed by atoms with E-state index in [9.17, 15) is 18.5 Å². The van der Waals surface area contributed by atoms with Gasteiger partial charge in [-0.3, -0.25) is 14.2 Å². The van der Waals surface area contributed by atoms with Crippen LogP contribution in [0.5, 0.6) is 0 Å². The lowest BCUT2D eigenvalue weighted by atomic mass is 9.97. The van der Waals surface area contributed by atoms with Gasteiger partial charge >= 0.3 is 19.5 Å². The van der Waals surface area contributed by atoms with Gasteiger partial charge in [-0.25, -0.2) is 19.3 Å². The molecule has 270 valence electrons. The lowest BCUT2D eigenvalue weighted by molar-refractivity contribution is -0.147. The number of fused-ring (bicyclic) bond motifs is 1. The first-order valence-corrected chi connectivity index (χ1v) is 18.1. The first kappa shape index (κ1) is 38.5. The molecule has 2 aromatic carbocycles. The van der Waals surface area contributed by atoms with Gasteiger partial charge in [0.15, 0.2) is 11.5 Å². The zero-order valence-corrected chi connectivity index (χ0v) is 29.3. The minimum Gasteiger partial charge on any atom is -0.465 e. The summed E-state index contributed by atoms with van der Waals surface area (Å²) in [5.74, 6) is -2.11. The van der Waals surface area contributed by atoms with Crippen molar-refractivity contribution >= 4 is 36.5 Å². The van der Waals surface area contributed by atoms with Crippen LogP contribution in [0.2, 0.25) is 0 Å². The summed E-state index contributed by atoms with van der Waals surface area (Å²) in [4.78, 5) is 37.3. The van der Waals surface area contributed by atoms with E-state index in [1.54, 1.807) is 30.0 Å². The largest absolute Gasteiger partial charge is 0.465 e. The first-order chi connectivity index (χ1) is 24.0. The Balaban J connectivity index is 1.26. The van der Waals surface area contributed by atoms with Gasteiger partial charge in [-0.05, 0) is 30.0 Å². The number of hydrogen-bond acceptors (Lipinski definition) is 13. The van der Waals surface area contributed by atoms with Gasteiger partial charge in [-0.15, -0.1) is 0 Å². The molecule has 3 unspecified atom stereocenters. The Morgan fingerprint density at radius 3 is 2.42 bits per heavy atom. The average molecular weight is 715 g/mol. The van der Waals surface area contributed by atoms with Crippen molar-refractivity contribution in [2.45, 2.75) is 52.1 Å². The molecular formula is C34H44FN6O8P. The molecule has 0 aliphatic carbocycles. The molecule has 4 aromatic rings. The van der Waals surface area contributed by atoms with E-state index in [1.165, 1.54) is 12.4 Å². The van der Waals surface area contributed by atoms with E-state index in [1.807, 2.05) is 44.2 Å². The van der Waals surface area contributed by atoms with Gasteiger partial charge in [0.05, 0.1) is 38.7 Å². The molecule has 0 saturated heterocycles. The molecule has 0 amide bonds. The van der Waals surface area contributed by atoms with Crippen LogP contribution >= 0.6 is 7.60 Å². The minimum atomic E-state index is -3.85. The molecule has 16 heteroatoms. The van der Waals surface area contributed by atoms with E-state index in [2.05, 4.69) is 15.0 Å². The Bertz CT molecular complexity index is 1760. The number of nitrogens with zero attached hydrogens (tertiary/aromatic N) is 4. The summed E-state index contributed by atoms with van der Waals surface area (Å²) >= 11 is 0. The molecule has 4 rings (SSSR count). The summed E-state index contributed by atoms with van der Waals surface area (Å²) in [7, 11) is -3.85. The molecule has 0 radical (unpaired) electrons. The second kappa shape index (κ2) is 18.6. The van der Waals surface area contributed by atoms with Gasteiger partial charge in [0.2, 0.25) is 0 Å². The number of halogens is 1. The lowest BCUT2D eigenvalue weighted by Crippen LogP contribution is -2.38. The van der Waals surface area contributed by atoms with Gasteiger partial charge < -0.3 is 39.3 Å². The Hall–Kier alpha value is -4.27. The quantitative estimate of drug-likeness (QED) is 0.0701. The molecule has 2 heterocycles. The minimum absolute atomic E-state index is 0.0432. The highest BCUT2D eigenvalue weighted by Crippen LogP contribution is 2.48. The van der Waals surface area contributed by atoms with Gasteiger partial charge in [-0.1, -0.05) is 62.7 Å². The third-order valence-corrected chi connectivity index (χ3v) is 9.70. The van der Waals surface area contributed by atoms with Crippen molar-refractivity contribution in [3.05, 3.63) is 72.6 Å². The first-order valence-electron chi connectivity index (χ1n) is 16.3. The predicted molar refractivity (Wildman–Crippen MR) is 184 cm³/mol. The standard InChI is InChI=1S/C34H44FN6O8P/c1-4-23(2)29(36)34(43)47-17-18-49-50(44,22-45-16-13-41-21-40-30-31(37)38-20-39-32(30)41)48-15-8-14-46-33(42)24(3)26-11-12-27(28(35)19-26)25-9-6-5-7-10-25/h5-7,9-12,19-21,23-24,29H,4,8,13-18,22,36H2,1-3H3,(H2,37,38,39)/t23?,24?,29-,50?/m1/s1. The number of ether oxygens (including phenoxy) is 3. The van der Waals surface area contributed by atoms with Crippen molar-refractivity contribution < 1.29 is 41.8 Å². The van der Waals surface area contributed by atoms with E-state index in [-0.39, 0.29) is 51.2 Å². The molecular weight excluding hydrogens is 670 g/mol. The summed E-state index contributed by atoms with van der Waals surface area (Å²) in [5, 5.41) is 0. The third kappa shape index (κ3) is 10.6. The summed E-state index contributed by atoms with van der Waals surface area (Å²) in [5.41, 5.74) is 14.4. The molecule has 0 aliphatic rings. The Morgan fingerprint density at radius 2 is 1.68 bits per heavy atom. The number of nitrogen functional groups attached to an aromatic ring is 1. The molecule has 2 aromatic heterocycles. The van der Waals surface area contributed by atoms with Gasteiger partial charge in [-0.2, -0.15) is 0 Å². The second-order valence-electron chi connectivity index (χ2n) is 11.6. The monoisotopic (exact) mass is 714 g/mol. The van der Waals surface area contributed by atoms with Gasteiger partial charge in [0.1, 0.15) is 36.7 Å². The molecule has 4 atom stereocenters. The molecule has 0 bridgehead atoms. The number of carbonyl (C=O) groups excluding carboxylic acids is 2. The molecule has 0 fully saturated rings. The van der Waals surface area contributed by atoms with Crippen molar-refractivity contribution in [2.24, 2.45) is 11.7 Å². The van der Waals surface area contributed by atoms with E-state index in [0.717, 1.165) is 5.56 Å². The maximum Gasteiger partial charge on any atom is 0.356 e. The Labute approximate surface area is 290 Å². The van der Waals surface area contributed by atoms with Crippen LogP contribution in [-0.2, 0) is 44.0 Å². The molecule has 0 saturated carbocycles. The lowest BCUT2D eigenvalue weighted by Gasteiger charge is -2.20. The van der Waals surface area contributed by atoms with Crippen molar-refractivity contribution in [1.82, 2.24) is 19.5 Å². The highest BCUT2D eigenvalue weighted by Gasteiger charge is 2.27. The predicted octanol–water partition coefficient (Wildman–Crippen LogP) is 5.07. The molecule has 4 N–H and O–H groups in total. The van der Waals surface area contributed by atoms with Crippen molar-refractivity contribution in [1.29, 1.82) is 0 Å². The van der Waals surface area contributed by atoms with E-state index >= 15 is 0 Å². The second-order valence-corrected chi connectivity index (χ2v) is 13.6.